The van der Waals surface area contributed by atoms with Gasteiger partial charge in [-0.05, 0) is 31.2 Å². The van der Waals surface area contributed by atoms with E-state index in [2.05, 4.69) is 10.2 Å². The molecule has 2 aliphatic heterocycles. The normalized spacial score (nSPS) is 19.0. The Hall–Kier alpha value is -2.64. The Kier molecular flexibility index (Phi) is 3.98. The molecule has 8 nitrogen and oxygen atoms in total. The molecule has 3 aliphatic rings. The fraction of sp³-hybridized carbons (Fsp3) is 0.579. The van der Waals surface area contributed by atoms with Crippen molar-refractivity contribution in [2.75, 3.05) is 19.7 Å². The van der Waals surface area contributed by atoms with Gasteiger partial charge in [0.25, 0.3) is 11.5 Å². The second kappa shape index (κ2) is 6.51. The number of nitrogens with zero attached hydrogens (tertiary/aromatic N) is 5. The average Bonchev–Trinajstić information content (AvgIpc) is 3.08. The summed E-state index contributed by atoms with van der Waals surface area (Å²) < 4.78 is 8.87. The van der Waals surface area contributed by atoms with E-state index in [1.54, 1.807) is 26.4 Å². The summed E-state index contributed by atoms with van der Waals surface area (Å²) in [6, 6.07) is 3.48. The lowest BCUT2D eigenvalue weighted by Crippen LogP contribution is -2.52. The summed E-state index contributed by atoms with van der Waals surface area (Å²) in [6.45, 7) is 3.30. The molecule has 2 aromatic rings. The molecule has 4 heterocycles. The number of aryl methyl sites for hydroxylation is 3. The van der Waals surface area contributed by atoms with Gasteiger partial charge in [0.1, 0.15) is 0 Å². The highest BCUT2D eigenvalue weighted by molar-refractivity contribution is 5.93. The molecule has 0 bridgehead atoms. The van der Waals surface area contributed by atoms with E-state index >= 15 is 0 Å². The number of carbonyl (C=O) groups excluding carboxylic acids is 1. The lowest BCUT2D eigenvalue weighted by atomic mass is 9.96. The van der Waals surface area contributed by atoms with E-state index in [0.717, 1.165) is 49.9 Å². The van der Waals surface area contributed by atoms with Crippen LogP contribution in [0.2, 0.25) is 0 Å². The van der Waals surface area contributed by atoms with Gasteiger partial charge in [-0.1, -0.05) is 0 Å². The maximum atomic E-state index is 12.6. The third-order valence-electron chi connectivity index (χ3n) is 5.68. The van der Waals surface area contributed by atoms with Crippen molar-refractivity contribution < 1.29 is 9.53 Å². The molecular formula is C19H23N5O3. The zero-order valence-electron chi connectivity index (χ0n) is 15.3. The summed E-state index contributed by atoms with van der Waals surface area (Å²) in [4.78, 5) is 26.7. The summed E-state index contributed by atoms with van der Waals surface area (Å²) in [5.74, 6) is 0.864. The van der Waals surface area contributed by atoms with Gasteiger partial charge < -0.3 is 9.64 Å². The monoisotopic (exact) mass is 369 g/mol. The summed E-state index contributed by atoms with van der Waals surface area (Å²) in [7, 11) is 0. The Morgan fingerprint density at radius 3 is 2.85 bits per heavy atom. The quantitative estimate of drug-likeness (QED) is 0.802. The Bertz CT molecular complexity index is 918. The molecule has 0 atom stereocenters. The number of likely N-dealkylation sites (tertiary alicyclic amines) is 1. The number of aromatic nitrogens is 4. The maximum absolute atomic E-state index is 12.6. The average molecular weight is 369 g/mol. The number of hydrogen-bond acceptors (Lipinski definition) is 5. The minimum Gasteiger partial charge on any atom is -0.478 e. The number of fused-ring (bicyclic) bond motifs is 2. The van der Waals surface area contributed by atoms with Crippen LogP contribution >= 0.6 is 0 Å². The van der Waals surface area contributed by atoms with Crippen LogP contribution in [0.25, 0.3) is 0 Å². The number of rotatable bonds is 3. The van der Waals surface area contributed by atoms with Crippen LogP contribution < -0.4 is 10.3 Å². The number of carbonyl (C=O) groups is 1. The molecule has 27 heavy (non-hydrogen) atoms. The van der Waals surface area contributed by atoms with E-state index < -0.39 is 0 Å². The van der Waals surface area contributed by atoms with Gasteiger partial charge in [-0.2, -0.15) is 10.2 Å². The minimum absolute atomic E-state index is 0.0284. The smallest absolute Gasteiger partial charge is 0.274 e. The molecule has 0 unspecified atom stereocenters. The lowest BCUT2D eigenvalue weighted by molar-refractivity contribution is 0.0451. The standard InChI is InChI=1S/C19H23N5O3/c25-17-8-14-4-1-2-5-15(14)20-24(17)12-13-10-22(11-13)19(26)16-9-18-23(21-16)6-3-7-27-18/h8-9,13H,1-7,10-12H2. The Balaban J connectivity index is 1.23. The molecule has 2 aromatic heterocycles. The molecule has 1 aliphatic carbocycles. The van der Waals surface area contributed by atoms with Gasteiger partial charge >= 0.3 is 0 Å². The predicted octanol–water partition coefficient (Wildman–Crippen LogP) is 0.873. The van der Waals surface area contributed by atoms with Crippen LogP contribution in [0.4, 0.5) is 0 Å². The van der Waals surface area contributed by atoms with Crippen LogP contribution in [-0.2, 0) is 25.9 Å². The molecule has 142 valence electrons. The van der Waals surface area contributed by atoms with Crippen molar-refractivity contribution in [2.24, 2.45) is 5.92 Å². The van der Waals surface area contributed by atoms with Crippen molar-refractivity contribution in [3.63, 3.8) is 0 Å². The molecule has 5 rings (SSSR count). The molecule has 1 saturated heterocycles. The lowest BCUT2D eigenvalue weighted by Gasteiger charge is -2.38. The first-order valence-electron chi connectivity index (χ1n) is 9.77. The van der Waals surface area contributed by atoms with Gasteiger partial charge in [-0.3, -0.25) is 9.59 Å². The maximum Gasteiger partial charge on any atom is 0.274 e. The van der Waals surface area contributed by atoms with Crippen molar-refractivity contribution in [3.8, 4) is 5.88 Å². The highest BCUT2D eigenvalue weighted by atomic mass is 16.5. The zero-order chi connectivity index (χ0) is 18.4. The first-order chi connectivity index (χ1) is 13.2. The van der Waals surface area contributed by atoms with Gasteiger partial charge in [-0.25, -0.2) is 9.36 Å². The SMILES string of the molecule is O=C(c1cc2n(n1)CCCO2)N1CC(Cn2nc3c(cc2=O)CCCC3)C1. The molecule has 0 radical (unpaired) electrons. The number of ether oxygens (including phenoxy) is 1. The van der Waals surface area contributed by atoms with Gasteiger partial charge in [0, 0.05) is 44.1 Å². The molecule has 0 aromatic carbocycles. The molecule has 0 spiro atoms. The van der Waals surface area contributed by atoms with E-state index in [0.29, 0.717) is 37.8 Å². The second-order valence-corrected chi connectivity index (χ2v) is 7.71. The van der Waals surface area contributed by atoms with Crippen LogP contribution in [0.1, 0.15) is 41.0 Å². The topological polar surface area (TPSA) is 82.2 Å². The van der Waals surface area contributed by atoms with E-state index in [1.165, 1.54) is 0 Å². The van der Waals surface area contributed by atoms with Crippen LogP contribution in [0.3, 0.4) is 0 Å². The Morgan fingerprint density at radius 1 is 1.15 bits per heavy atom. The summed E-state index contributed by atoms with van der Waals surface area (Å²) >= 11 is 0. The van der Waals surface area contributed by atoms with Crippen LogP contribution in [0.15, 0.2) is 16.9 Å². The van der Waals surface area contributed by atoms with Gasteiger partial charge in [0.15, 0.2) is 5.69 Å². The summed E-state index contributed by atoms with van der Waals surface area (Å²) in [5, 5.41) is 8.93. The van der Waals surface area contributed by atoms with E-state index in [1.807, 2.05) is 0 Å². The summed E-state index contributed by atoms with van der Waals surface area (Å²) in [5.41, 5.74) is 2.59. The van der Waals surface area contributed by atoms with Crippen molar-refractivity contribution >= 4 is 5.91 Å². The Morgan fingerprint density at radius 2 is 2.00 bits per heavy atom. The first kappa shape index (κ1) is 16.5. The fourth-order valence-electron chi connectivity index (χ4n) is 4.16. The van der Waals surface area contributed by atoms with Gasteiger partial charge in [0.2, 0.25) is 5.88 Å². The van der Waals surface area contributed by atoms with Crippen molar-refractivity contribution in [1.82, 2.24) is 24.5 Å². The largest absolute Gasteiger partial charge is 0.478 e. The second-order valence-electron chi connectivity index (χ2n) is 7.71. The van der Waals surface area contributed by atoms with Crippen molar-refractivity contribution in [2.45, 2.75) is 45.2 Å². The fourth-order valence-corrected chi connectivity index (χ4v) is 4.16. The van der Waals surface area contributed by atoms with Crippen LogP contribution in [0, 0.1) is 5.92 Å². The zero-order valence-corrected chi connectivity index (χ0v) is 15.3. The highest BCUT2D eigenvalue weighted by Crippen LogP contribution is 2.24. The third kappa shape index (κ3) is 3.02. The number of hydrogen-bond donors (Lipinski definition) is 0. The van der Waals surface area contributed by atoms with E-state index in [4.69, 9.17) is 4.74 Å². The third-order valence-corrected chi connectivity index (χ3v) is 5.68. The van der Waals surface area contributed by atoms with Crippen molar-refractivity contribution in [1.29, 1.82) is 0 Å². The predicted molar refractivity (Wildman–Crippen MR) is 96.9 cm³/mol. The van der Waals surface area contributed by atoms with Crippen LogP contribution in [0.5, 0.6) is 5.88 Å². The first-order valence-corrected chi connectivity index (χ1v) is 9.77. The molecule has 1 amide bonds. The van der Waals surface area contributed by atoms with Crippen LogP contribution in [-0.4, -0.2) is 50.1 Å². The molecular weight excluding hydrogens is 346 g/mol. The van der Waals surface area contributed by atoms with Gasteiger partial charge in [-0.15, -0.1) is 0 Å². The van der Waals surface area contributed by atoms with E-state index in [-0.39, 0.29) is 17.4 Å². The van der Waals surface area contributed by atoms with Gasteiger partial charge in [0.05, 0.1) is 18.8 Å². The highest BCUT2D eigenvalue weighted by Gasteiger charge is 2.34. The summed E-state index contributed by atoms with van der Waals surface area (Å²) in [6.07, 6.45) is 5.11. The van der Waals surface area contributed by atoms with E-state index in [9.17, 15) is 9.59 Å². The Labute approximate surface area is 156 Å². The molecule has 1 fully saturated rings. The molecule has 0 N–H and O–H groups in total. The molecule has 0 saturated carbocycles. The van der Waals surface area contributed by atoms with Crippen molar-refractivity contribution in [3.05, 3.63) is 39.4 Å². The minimum atomic E-state index is -0.0671. The molecule has 8 heteroatoms. The number of amides is 1.